The molecule has 0 radical (unpaired) electrons. The smallest absolute Gasteiger partial charge is 0.171 e. The van der Waals surface area contributed by atoms with Crippen LogP contribution in [0.3, 0.4) is 0 Å². The maximum Gasteiger partial charge on any atom is 0.171 e. The molecule has 0 heterocycles. The first-order valence-electron chi connectivity index (χ1n) is 4.41. The molecule has 0 rings (SSSR count). The predicted molar refractivity (Wildman–Crippen MR) is 57.2 cm³/mol. The van der Waals surface area contributed by atoms with Gasteiger partial charge in [0.1, 0.15) is 0 Å². The second-order valence-corrected chi connectivity index (χ2v) is 5.83. The summed E-state index contributed by atoms with van der Waals surface area (Å²) in [4.78, 5) is 0.240. The van der Waals surface area contributed by atoms with E-state index in [1.807, 2.05) is 13.8 Å². The molecule has 0 aliphatic carbocycles. The van der Waals surface area contributed by atoms with Crippen molar-refractivity contribution in [1.82, 2.24) is 0 Å². The quantitative estimate of drug-likeness (QED) is 0.685. The molecule has 82 valence electrons. The topological polar surface area (TPSA) is 34.1 Å². The highest BCUT2D eigenvalue weighted by Crippen LogP contribution is 2.21. The Hall–Kier alpha value is -0.640. The zero-order valence-corrected chi connectivity index (χ0v) is 10.1. The van der Waals surface area contributed by atoms with Crippen LogP contribution in [0.2, 0.25) is 0 Å². The van der Waals surface area contributed by atoms with Crippen LogP contribution >= 0.6 is 0 Å². The molecular formula is C10H17FO2S. The standard InChI is InChI=1S/C10H17FO2S/c1-7(2)10(6-8(3)11)9(4)14(5,12)13/h6-7H,1-5H3/b8-6+,10-9-. The van der Waals surface area contributed by atoms with E-state index in [0.29, 0.717) is 5.57 Å². The number of halogens is 1. The Bertz CT molecular complexity index is 358. The minimum atomic E-state index is -3.22. The second-order valence-electron chi connectivity index (χ2n) is 3.67. The molecule has 0 atom stereocenters. The van der Waals surface area contributed by atoms with E-state index in [0.717, 1.165) is 6.26 Å². The molecule has 4 heteroatoms. The van der Waals surface area contributed by atoms with Gasteiger partial charge in [-0.25, -0.2) is 12.8 Å². The summed E-state index contributed by atoms with van der Waals surface area (Å²) in [6.45, 7) is 6.48. The van der Waals surface area contributed by atoms with Crippen molar-refractivity contribution in [1.29, 1.82) is 0 Å². The van der Waals surface area contributed by atoms with Crippen molar-refractivity contribution in [3.8, 4) is 0 Å². The largest absolute Gasteiger partial charge is 0.224 e. The van der Waals surface area contributed by atoms with Gasteiger partial charge in [0.15, 0.2) is 9.84 Å². The molecule has 0 aromatic carbocycles. The van der Waals surface area contributed by atoms with Gasteiger partial charge in [-0.2, -0.15) is 0 Å². The molecule has 2 nitrogen and oxygen atoms in total. The van der Waals surface area contributed by atoms with E-state index in [1.54, 1.807) is 0 Å². The summed E-state index contributed by atoms with van der Waals surface area (Å²) >= 11 is 0. The Morgan fingerprint density at radius 1 is 1.29 bits per heavy atom. The van der Waals surface area contributed by atoms with Gasteiger partial charge >= 0.3 is 0 Å². The fraction of sp³-hybridized carbons (Fsp3) is 0.600. The maximum absolute atomic E-state index is 12.7. The van der Waals surface area contributed by atoms with Crippen molar-refractivity contribution in [2.45, 2.75) is 27.7 Å². The highest BCUT2D eigenvalue weighted by Gasteiger charge is 2.13. The van der Waals surface area contributed by atoms with Gasteiger partial charge in [-0.15, -0.1) is 0 Å². The molecule has 0 aliphatic rings. The molecule has 0 N–H and O–H groups in total. The summed E-state index contributed by atoms with van der Waals surface area (Å²) in [5.74, 6) is -0.382. The summed E-state index contributed by atoms with van der Waals surface area (Å²) in [7, 11) is -3.22. The van der Waals surface area contributed by atoms with Gasteiger partial charge in [0.25, 0.3) is 0 Å². The van der Waals surface area contributed by atoms with Crippen LogP contribution in [0.5, 0.6) is 0 Å². The van der Waals surface area contributed by atoms with E-state index in [2.05, 4.69) is 0 Å². The van der Waals surface area contributed by atoms with E-state index in [-0.39, 0.29) is 16.6 Å². The van der Waals surface area contributed by atoms with Crippen LogP contribution in [-0.4, -0.2) is 14.7 Å². The van der Waals surface area contributed by atoms with Gasteiger partial charge in [-0.1, -0.05) is 13.8 Å². The molecule has 0 saturated heterocycles. The molecule has 0 bridgehead atoms. The summed E-state index contributed by atoms with van der Waals surface area (Å²) in [6.07, 6.45) is 2.41. The molecule has 0 aliphatic heterocycles. The zero-order chi connectivity index (χ0) is 11.5. The summed E-state index contributed by atoms with van der Waals surface area (Å²) in [6, 6.07) is 0. The molecular weight excluding hydrogens is 203 g/mol. The van der Waals surface area contributed by atoms with Crippen LogP contribution in [0, 0.1) is 5.92 Å². The van der Waals surface area contributed by atoms with E-state index in [9.17, 15) is 12.8 Å². The zero-order valence-electron chi connectivity index (χ0n) is 9.26. The molecule has 14 heavy (non-hydrogen) atoms. The average molecular weight is 220 g/mol. The first-order chi connectivity index (χ1) is 6.16. The van der Waals surface area contributed by atoms with Crippen molar-refractivity contribution in [2.75, 3.05) is 6.26 Å². The lowest BCUT2D eigenvalue weighted by Crippen LogP contribution is -2.04. The molecule has 0 aromatic rings. The van der Waals surface area contributed by atoms with Crippen LogP contribution < -0.4 is 0 Å². The normalized spacial score (nSPS) is 15.8. The fourth-order valence-corrected chi connectivity index (χ4v) is 1.83. The highest BCUT2D eigenvalue weighted by molar-refractivity contribution is 7.94. The Kier molecular flexibility index (Phi) is 4.52. The lowest BCUT2D eigenvalue weighted by Gasteiger charge is -2.10. The van der Waals surface area contributed by atoms with E-state index in [4.69, 9.17) is 0 Å². The van der Waals surface area contributed by atoms with E-state index >= 15 is 0 Å². The molecule has 0 saturated carbocycles. The van der Waals surface area contributed by atoms with Gasteiger partial charge < -0.3 is 0 Å². The summed E-state index contributed by atoms with van der Waals surface area (Å²) in [5.41, 5.74) is 0.535. The van der Waals surface area contributed by atoms with Crippen molar-refractivity contribution in [3.63, 3.8) is 0 Å². The first-order valence-corrected chi connectivity index (χ1v) is 6.30. The van der Waals surface area contributed by atoms with Crippen molar-refractivity contribution in [3.05, 3.63) is 22.4 Å². The molecule has 0 aromatic heterocycles. The fourth-order valence-electron chi connectivity index (χ4n) is 1.10. The van der Waals surface area contributed by atoms with Crippen LogP contribution in [0.25, 0.3) is 0 Å². The van der Waals surface area contributed by atoms with Gasteiger partial charge in [0.2, 0.25) is 0 Å². The SMILES string of the molecule is C/C(F)=C\C(=C(/C)S(C)(=O)=O)C(C)C. The summed E-state index contributed by atoms with van der Waals surface area (Å²) in [5, 5.41) is 0. The Balaban J connectivity index is 5.53. The molecule has 0 spiro atoms. The monoisotopic (exact) mass is 220 g/mol. The number of allylic oxidation sites excluding steroid dienone is 4. The Morgan fingerprint density at radius 2 is 1.71 bits per heavy atom. The predicted octanol–water partition coefficient (Wildman–Crippen LogP) is 2.83. The van der Waals surface area contributed by atoms with E-state index < -0.39 is 9.84 Å². The lowest BCUT2D eigenvalue weighted by atomic mass is 10.0. The van der Waals surface area contributed by atoms with Crippen molar-refractivity contribution < 1.29 is 12.8 Å². The molecule has 0 unspecified atom stereocenters. The second kappa shape index (κ2) is 4.73. The molecule has 0 amide bonds. The summed E-state index contributed by atoms with van der Waals surface area (Å²) < 4.78 is 35.2. The number of hydrogen-bond donors (Lipinski definition) is 0. The number of hydrogen-bond acceptors (Lipinski definition) is 2. The van der Waals surface area contributed by atoms with Crippen LogP contribution in [0.15, 0.2) is 22.4 Å². The van der Waals surface area contributed by atoms with Crippen LogP contribution in [0.1, 0.15) is 27.7 Å². The van der Waals surface area contributed by atoms with Gasteiger partial charge in [-0.05, 0) is 31.4 Å². The maximum atomic E-state index is 12.7. The van der Waals surface area contributed by atoms with Crippen LogP contribution in [-0.2, 0) is 9.84 Å². The van der Waals surface area contributed by atoms with Crippen molar-refractivity contribution in [2.24, 2.45) is 5.92 Å². The lowest BCUT2D eigenvalue weighted by molar-refractivity contribution is 0.605. The number of sulfone groups is 1. The molecule has 0 fully saturated rings. The van der Waals surface area contributed by atoms with Crippen molar-refractivity contribution >= 4 is 9.84 Å². The van der Waals surface area contributed by atoms with E-state index in [1.165, 1.54) is 19.9 Å². The van der Waals surface area contributed by atoms with Gasteiger partial charge in [0.05, 0.1) is 5.83 Å². The highest BCUT2D eigenvalue weighted by atomic mass is 32.2. The third-order valence-electron chi connectivity index (χ3n) is 1.94. The Labute approximate surface area is 85.4 Å². The third-order valence-corrected chi connectivity index (χ3v) is 3.29. The van der Waals surface area contributed by atoms with Gasteiger partial charge in [-0.3, -0.25) is 0 Å². The minimum absolute atomic E-state index is 0.00424. The third kappa shape index (κ3) is 4.05. The Morgan fingerprint density at radius 3 is 1.93 bits per heavy atom. The minimum Gasteiger partial charge on any atom is -0.224 e. The first kappa shape index (κ1) is 13.4. The van der Waals surface area contributed by atoms with Crippen LogP contribution in [0.4, 0.5) is 4.39 Å². The average Bonchev–Trinajstić information content (AvgIpc) is 1.96. The number of rotatable bonds is 3. The van der Waals surface area contributed by atoms with Gasteiger partial charge in [0, 0.05) is 11.2 Å².